The van der Waals surface area contributed by atoms with Crippen molar-refractivity contribution in [2.75, 3.05) is 51.3 Å². The average Bonchev–Trinajstić information content (AvgIpc) is 3.38. The molecule has 8 heteroatoms. The highest BCUT2D eigenvalue weighted by molar-refractivity contribution is 5.79. The van der Waals surface area contributed by atoms with E-state index in [4.69, 9.17) is 9.26 Å². The van der Waals surface area contributed by atoms with Gasteiger partial charge in [0.1, 0.15) is 5.75 Å². The molecule has 0 radical (unpaired) electrons. The molecule has 2 aromatic carbocycles. The van der Waals surface area contributed by atoms with Gasteiger partial charge in [0.2, 0.25) is 17.6 Å². The van der Waals surface area contributed by atoms with Crippen LogP contribution in [0.1, 0.15) is 18.7 Å². The number of rotatable bonds is 6. The largest absolute Gasteiger partial charge is 0.495 e. The van der Waals surface area contributed by atoms with Crippen molar-refractivity contribution in [1.82, 2.24) is 19.9 Å². The second-order valence-corrected chi connectivity index (χ2v) is 8.91. The molecule has 1 amide bonds. The van der Waals surface area contributed by atoms with Crippen molar-refractivity contribution < 1.29 is 14.1 Å². The molecule has 0 atom stereocenters. The van der Waals surface area contributed by atoms with E-state index in [1.54, 1.807) is 7.11 Å². The van der Waals surface area contributed by atoms with Gasteiger partial charge in [-0.3, -0.25) is 9.69 Å². The zero-order valence-corrected chi connectivity index (χ0v) is 19.6. The molecule has 5 rings (SSSR count). The number of aromatic nitrogens is 2. The van der Waals surface area contributed by atoms with Crippen LogP contribution in [0.5, 0.6) is 5.75 Å². The van der Waals surface area contributed by atoms with Gasteiger partial charge in [0, 0.05) is 37.7 Å². The van der Waals surface area contributed by atoms with Crippen molar-refractivity contribution in [2.24, 2.45) is 5.92 Å². The van der Waals surface area contributed by atoms with E-state index >= 15 is 0 Å². The molecular weight excluding hydrogens is 430 g/mol. The number of anilines is 1. The number of para-hydroxylation sites is 2. The van der Waals surface area contributed by atoms with Gasteiger partial charge in [-0.1, -0.05) is 47.6 Å². The standard InChI is InChI=1S/C26H31N5O3/c1-33-23-10-6-5-9-22(23)30-15-17-31(18-16-30)26(32)21-11-13-29(14-12-21)19-24-27-25(28-34-24)20-7-3-2-4-8-20/h2-10,21H,11-19H2,1H3. The minimum Gasteiger partial charge on any atom is -0.495 e. The summed E-state index contributed by atoms with van der Waals surface area (Å²) in [5, 5.41) is 4.11. The highest BCUT2D eigenvalue weighted by atomic mass is 16.5. The summed E-state index contributed by atoms with van der Waals surface area (Å²) in [6.45, 7) is 5.50. The van der Waals surface area contributed by atoms with Crippen LogP contribution in [0.4, 0.5) is 5.69 Å². The molecule has 0 spiro atoms. The lowest BCUT2D eigenvalue weighted by Gasteiger charge is -2.39. The molecule has 0 bridgehead atoms. The zero-order valence-electron chi connectivity index (χ0n) is 19.6. The first-order valence-corrected chi connectivity index (χ1v) is 12.0. The van der Waals surface area contributed by atoms with Crippen molar-refractivity contribution in [3.63, 3.8) is 0 Å². The van der Waals surface area contributed by atoms with Crippen molar-refractivity contribution in [2.45, 2.75) is 19.4 Å². The molecular formula is C26H31N5O3. The Morgan fingerprint density at radius 3 is 2.41 bits per heavy atom. The topological polar surface area (TPSA) is 74.9 Å². The predicted octanol–water partition coefficient (Wildman–Crippen LogP) is 3.31. The summed E-state index contributed by atoms with van der Waals surface area (Å²) >= 11 is 0. The number of carbonyl (C=O) groups is 1. The minimum atomic E-state index is 0.0941. The number of hydrogen-bond acceptors (Lipinski definition) is 7. The Bertz CT molecular complexity index is 1090. The van der Waals surface area contributed by atoms with Gasteiger partial charge in [-0.2, -0.15) is 4.98 Å². The smallest absolute Gasteiger partial charge is 0.241 e. The molecule has 3 aromatic rings. The second-order valence-electron chi connectivity index (χ2n) is 8.91. The molecule has 34 heavy (non-hydrogen) atoms. The van der Waals surface area contributed by atoms with Crippen LogP contribution in [0.2, 0.25) is 0 Å². The monoisotopic (exact) mass is 461 g/mol. The third-order valence-corrected chi connectivity index (χ3v) is 6.81. The lowest BCUT2D eigenvalue weighted by molar-refractivity contribution is -0.137. The Morgan fingerprint density at radius 1 is 0.971 bits per heavy atom. The van der Waals surface area contributed by atoms with Gasteiger partial charge < -0.3 is 19.1 Å². The molecule has 8 nitrogen and oxygen atoms in total. The molecule has 0 saturated carbocycles. The van der Waals surface area contributed by atoms with E-state index < -0.39 is 0 Å². The number of piperazine rings is 1. The van der Waals surface area contributed by atoms with Gasteiger partial charge in [0.25, 0.3) is 0 Å². The Hall–Kier alpha value is -3.39. The number of ether oxygens (including phenoxy) is 1. The summed E-state index contributed by atoms with van der Waals surface area (Å²) in [4.78, 5) is 24.3. The average molecular weight is 462 g/mol. The molecule has 0 unspecified atom stereocenters. The number of methoxy groups -OCH3 is 1. The molecule has 0 N–H and O–H groups in total. The van der Waals surface area contributed by atoms with E-state index in [1.165, 1.54) is 0 Å². The van der Waals surface area contributed by atoms with Gasteiger partial charge in [0.05, 0.1) is 19.3 Å². The summed E-state index contributed by atoms with van der Waals surface area (Å²) < 4.78 is 11.0. The number of nitrogens with zero attached hydrogens (tertiary/aromatic N) is 5. The second kappa shape index (κ2) is 10.3. The minimum absolute atomic E-state index is 0.0941. The van der Waals surface area contributed by atoms with Crippen LogP contribution in [0.3, 0.4) is 0 Å². The van der Waals surface area contributed by atoms with E-state index in [0.717, 1.165) is 69.1 Å². The Morgan fingerprint density at radius 2 is 1.68 bits per heavy atom. The van der Waals surface area contributed by atoms with Crippen LogP contribution in [0.25, 0.3) is 11.4 Å². The van der Waals surface area contributed by atoms with Crippen molar-refractivity contribution >= 4 is 11.6 Å². The fraction of sp³-hybridized carbons (Fsp3) is 0.423. The molecule has 3 heterocycles. The van der Waals surface area contributed by atoms with E-state index in [2.05, 4.69) is 26.0 Å². The van der Waals surface area contributed by atoms with E-state index in [9.17, 15) is 4.79 Å². The van der Waals surface area contributed by atoms with Crippen molar-refractivity contribution in [3.8, 4) is 17.1 Å². The maximum Gasteiger partial charge on any atom is 0.241 e. The fourth-order valence-corrected chi connectivity index (χ4v) is 4.87. The quantitative estimate of drug-likeness (QED) is 0.558. The molecule has 2 saturated heterocycles. The van der Waals surface area contributed by atoms with E-state index in [-0.39, 0.29) is 5.92 Å². The molecule has 0 aliphatic carbocycles. The molecule has 178 valence electrons. The van der Waals surface area contributed by atoms with Crippen LogP contribution in [-0.2, 0) is 11.3 Å². The maximum atomic E-state index is 13.2. The zero-order chi connectivity index (χ0) is 23.3. The van der Waals surface area contributed by atoms with Crippen LogP contribution < -0.4 is 9.64 Å². The molecule has 2 fully saturated rings. The Labute approximate surface area is 200 Å². The highest BCUT2D eigenvalue weighted by Gasteiger charge is 2.31. The summed E-state index contributed by atoms with van der Waals surface area (Å²) in [6, 6.07) is 17.9. The lowest BCUT2D eigenvalue weighted by Crippen LogP contribution is -2.51. The first-order valence-electron chi connectivity index (χ1n) is 12.0. The SMILES string of the molecule is COc1ccccc1N1CCN(C(=O)C2CCN(Cc3nc(-c4ccccc4)no3)CC2)CC1. The first kappa shape index (κ1) is 22.4. The summed E-state index contributed by atoms with van der Waals surface area (Å²) in [5.41, 5.74) is 2.05. The number of amides is 1. The number of benzene rings is 2. The molecule has 1 aromatic heterocycles. The summed E-state index contributed by atoms with van der Waals surface area (Å²) in [5.74, 6) is 2.51. The van der Waals surface area contributed by atoms with E-state index in [0.29, 0.717) is 24.2 Å². The Balaban J connectivity index is 1.10. The van der Waals surface area contributed by atoms with Gasteiger partial charge in [-0.05, 0) is 38.1 Å². The predicted molar refractivity (Wildman–Crippen MR) is 130 cm³/mol. The third-order valence-electron chi connectivity index (χ3n) is 6.81. The van der Waals surface area contributed by atoms with Gasteiger partial charge in [0.15, 0.2) is 0 Å². The third kappa shape index (κ3) is 4.92. The van der Waals surface area contributed by atoms with Gasteiger partial charge in [-0.15, -0.1) is 0 Å². The van der Waals surface area contributed by atoms with Crippen LogP contribution in [0, 0.1) is 5.92 Å². The number of piperidine rings is 1. The number of likely N-dealkylation sites (tertiary alicyclic amines) is 1. The summed E-state index contributed by atoms with van der Waals surface area (Å²) in [6.07, 6.45) is 1.73. The lowest BCUT2D eigenvalue weighted by atomic mass is 9.95. The first-order chi connectivity index (χ1) is 16.7. The normalized spacial score (nSPS) is 17.7. The van der Waals surface area contributed by atoms with Gasteiger partial charge >= 0.3 is 0 Å². The van der Waals surface area contributed by atoms with E-state index in [1.807, 2.05) is 53.4 Å². The van der Waals surface area contributed by atoms with Crippen LogP contribution >= 0.6 is 0 Å². The Kier molecular flexibility index (Phi) is 6.76. The van der Waals surface area contributed by atoms with Crippen LogP contribution in [0.15, 0.2) is 59.1 Å². The fourth-order valence-electron chi connectivity index (χ4n) is 4.87. The van der Waals surface area contributed by atoms with Crippen LogP contribution in [-0.4, -0.2) is 72.2 Å². The summed E-state index contributed by atoms with van der Waals surface area (Å²) in [7, 11) is 1.70. The number of hydrogen-bond donors (Lipinski definition) is 0. The van der Waals surface area contributed by atoms with Gasteiger partial charge in [-0.25, -0.2) is 0 Å². The number of carbonyl (C=O) groups excluding carboxylic acids is 1. The maximum absolute atomic E-state index is 13.2. The molecule has 2 aliphatic rings. The molecule has 2 aliphatic heterocycles. The van der Waals surface area contributed by atoms with Crippen molar-refractivity contribution in [3.05, 3.63) is 60.5 Å². The van der Waals surface area contributed by atoms with Crippen molar-refractivity contribution in [1.29, 1.82) is 0 Å². The highest BCUT2D eigenvalue weighted by Crippen LogP contribution is 2.29.